The summed E-state index contributed by atoms with van der Waals surface area (Å²) >= 11 is 1.20. The number of aromatic nitrogens is 2. The summed E-state index contributed by atoms with van der Waals surface area (Å²) in [6, 6.07) is 15.2. The van der Waals surface area contributed by atoms with Crippen LogP contribution in [0.3, 0.4) is 0 Å². The largest absolute Gasteiger partial charge is 0.497 e. The third-order valence-corrected chi connectivity index (χ3v) is 5.30. The van der Waals surface area contributed by atoms with Gasteiger partial charge < -0.3 is 23.5 Å². The third kappa shape index (κ3) is 6.22. The highest BCUT2D eigenvalue weighted by Gasteiger charge is 2.18. The van der Waals surface area contributed by atoms with E-state index in [0.717, 1.165) is 5.56 Å². The van der Waals surface area contributed by atoms with Crippen molar-refractivity contribution in [3.63, 3.8) is 0 Å². The average molecular weight is 444 g/mol. The molecule has 0 unspecified atom stereocenters. The van der Waals surface area contributed by atoms with E-state index in [4.69, 9.17) is 18.6 Å². The molecule has 0 aliphatic heterocycles. The number of amides is 1. The Hall–Kier alpha value is -3.04. The van der Waals surface area contributed by atoms with Crippen molar-refractivity contribution < 1.29 is 23.4 Å². The molecule has 3 rings (SSSR count). The number of carbonyl (C=O) groups excluding carboxylic acids is 1. The van der Waals surface area contributed by atoms with E-state index < -0.39 is 0 Å². The highest BCUT2D eigenvalue weighted by molar-refractivity contribution is 7.99. The minimum absolute atomic E-state index is 0.0346. The Labute approximate surface area is 185 Å². The summed E-state index contributed by atoms with van der Waals surface area (Å²) in [5.74, 6) is 1.68. The van der Waals surface area contributed by atoms with Gasteiger partial charge in [-0.05, 0) is 17.7 Å². The van der Waals surface area contributed by atoms with E-state index in [1.54, 1.807) is 44.4 Å². The molecule has 164 valence electrons. The van der Waals surface area contributed by atoms with E-state index in [-0.39, 0.29) is 11.7 Å². The number of benzene rings is 2. The third-order valence-electron chi connectivity index (χ3n) is 4.50. The minimum Gasteiger partial charge on any atom is -0.497 e. The fourth-order valence-electron chi connectivity index (χ4n) is 2.86. The minimum atomic E-state index is -0.0346. The standard InChI is InChI=1S/C22H25N3O5S/c1-27-12-11-25(14-16-7-5-4-6-8-16)20(26)15-31-22-24-23-21(30-22)18-10-9-17(28-2)13-19(18)29-3/h4-10,13H,11-12,14-15H2,1-3H3. The van der Waals surface area contributed by atoms with Crippen molar-refractivity contribution in [2.24, 2.45) is 0 Å². The number of rotatable bonds is 11. The van der Waals surface area contributed by atoms with Crippen LogP contribution >= 0.6 is 11.8 Å². The second kappa shape index (κ2) is 11.4. The zero-order valence-electron chi connectivity index (χ0n) is 17.7. The van der Waals surface area contributed by atoms with Crippen LogP contribution in [-0.4, -0.2) is 61.2 Å². The van der Waals surface area contributed by atoms with Crippen LogP contribution in [0.5, 0.6) is 11.5 Å². The first-order chi connectivity index (χ1) is 15.1. The molecule has 0 aliphatic rings. The van der Waals surface area contributed by atoms with E-state index in [2.05, 4.69) is 10.2 Å². The zero-order chi connectivity index (χ0) is 22.1. The Bertz CT molecular complexity index is 980. The molecule has 31 heavy (non-hydrogen) atoms. The number of nitrogens with zero attached hydrogens (tertiary/aromatic N) is 3. The lowest BCUT2D eigenvalue weighted by molar-refractivity contribution is -0.129. The maximum atomic E-state index is 12.8. The quantitative estimate of drug-likeness (QED) is 0.416. The molecule has 0 radical (unpaired) electrons. The van der Waals surface area contributed by atoms with Gasteiger partial charge in [0.15, 0.2) is 0 Å². The van der Waals surface area contributed by atoms with Crippen molar-refractivity contribution in [1.29, 1.82) is 0 Å². The van der Waals surface area contributed by atoms with Crippen molar-refractivity contribution in [2.75, 3.05) is 40.2 Å². The van der Waals surface area contributed by atoms with Gasteiger partial charge in [-0.15, -0.1) is 10.2 Å². The van der Waals surface area contributed by atoms with Crippen LogP contribution in [0.15, 0.2) is 58.2 Å². The highest BCUT2D eigenvalue weighted by atomic mass is 32.2. The molecular weight excluding hydrogens is 418 g/mol. The lowest BCUT2D eigenvalue weighted by atomic mass is 10.2. The number of hydrogen-bond donors (Lipinski definition) is 0. The zero-order valence-corrected chi connectivity index (χ0v) is 18.6. The lowest BCUT2D eigenvalue weighted by Crippen LogP contribution is -2.34. The first-order valence-corrected chi connectivity index (χ1v) is 10.6. The van der Waals surface area contributed by atoms with Gasteiger partial charge in [0.2, 0.25) is 5.91 Å². The number of thioether (sulfide) groups is 1. The van der Waals surface area contributed by atoms with Gasteiger partial charge in [0.1, 0.15) is 11.5 Å². The van der Waals surface area contributed by atoms with Crippen LogP contribution in [-0.2, 0) is 16.1 Å². The van der Waals surface area contributed by atoms with Gasteiger partial charge in [-0.1, -0.05) is 42.1 Å². The molecule has 0 aliphatic carbocycles. The maximum absolute atomic E-state index is 12.8. The molecular formula is C22H25N3O5S. The molecule has 1 heterocycles. The average Bonchev–Trinajstić information content (AvgIpc) is 3.29. The Morgan fingerprint density at radius 3 is 2.58 bits per heavy atom. The van der Waals surface area contributed by atoms with Gasteiger partial charge in [-0.3, -0.25) is 4.79 Å². The Morgan fingerprint density at radius 1 is 1.06 bits per heavy atom. The second-order valence-electron chi connectivity index (χ2n) is 6.52. The Morgan fingerprint density at radius 2 is 1.87 bits per heavy atom. The smallest absolute Gasteiger partial charge is 0.277 e. The van der Waals surface area contributed by atoms with Crippen LogP contribution in [0.4, 0.5) is 0 Å². The molecule has 3 aromatic rings. The summed E-state index contributed by atoms with van der Waals surface area (Å²) in [6.45, 7) is 1.48. The van der Waals surface area contributed by atoms with Crippen LogP contribution in [0, 0.1) is 0 Å². The molecule has 0 N–H and O–H groups in total. The number of ether oxygens (including phenoxy) is 3. The summed E-state index contributed by atoms with van der Waals surface area (Å²) in [4.78, 5) is 14.6. The van der Waals surface area contributed by atoms with E-state index in [1.165, 1.54) is 11.8 Å². The van der Waals surface area contributed by atoms with Gasteiger partial charge >= 0.3 is 0 Å². The van der Waals surface area contributed by atoms with Crippen molar-refractivity contribution >= 4 is 17.7 Å². The van der Waals surface area contributed by atoms with Crippen molar-refractivity contribution in [3.05, 3.63) is 54.1 Å². The molecule has 0 atom stereocenters. The first kappa shape index (κ1) is 22.6. The normalized spacial score (nSPS) is 10.7. The summed E-state index contributed by atoms with van der Waals surface area (Å²) in [5.41, 5.74) is 1.71. The molecule has 0 bridgehead atoms. The predicted molar refractivity (Wildman–Crippen MR) is 117 cm³/mol. The molecule has 1 aromatic heterocycles. The summed E-state index contributed by atoms with van der Waals surface area (Å²) in [7, 11) is 4.76. The molecule has 0 spiro atoms. The van der Waals surface area contributed by atoms with Gasteiger partial charge in [0.25, 0.3) is 11.1 Å². The fourth-order valence-corrected chi connectivity index (χ4v) is 3.53. The Kier molecular flexibility index (Phi) is 8.31. The monoisotopic (exact) mass is 443 g/mol. The fraction of sp³-hybridized carbons (Fsp3) is 0.318. The number of hydrogen-bond acceptors (Lipinski definition) is 8. The van der Waals surface area contributed by atoms with E-state index in [1.807, 2.05) is 30.3 Å². The van der Waals surface area contributed by atoms with Gasteiger partial charge in [-0.2, -0.15) is 0 Å². The molecule has 9 heteroatoms. The molecule has 0 saturated carbocycles. The lowest BCUT2D eigenvalue weighted by Gasteiger charge is -2.22. The summed E-state index contributed by atoms with van der Waals surface area (Å²) in [6.07, 6.45) is 0. The Balaban J connectivity index is 1.65. The van der Waals surface area contributed by atoms with Crippen molar-refractivity contribution in [1.82, 2.24) is 15.1 Å². The van der Waals surface area contributed by atoms with Crippen LogP contribution in [0.1, 0.15) is 5.56 Å². The van der Waals surface area contributed by atoms with Gasteiger partial charge in [-0.25, -0.2) is 0 Å². The van der Waals surface area contributed by atoms with Crippen LogP contribution in [0.25, 0.3) is 11.5 Å². The van der Waals surface area contributed by atoms with Crippen LogP contribution < -0.4 is 9.47 Å². The highest BCUT2D eigenvalue weighted by Crippen LogP contribution is 2.33. The molecule has 1 amide bonds. The van der Waals surface area contributed by atoms with Crippen LogP contribution in [0.2, 0.25) is 0 Å². The molecule has 8 nitrogen and oxygen atoms in total. The van der Waals surface area contributed by atoms with Gasteiger partial charge in [0.05, 0.1) is 32.1 Å². The maximum Gasteiger partial charge on any atom is 0.277 e. The first-order valence-electron chi connectivity index (χ1n) is 9.64. The number of methoxy groups -OCH3 is 3. The van der Waals surface area contributed by atoms with Gasteiger partial charge in [0, 0.05) is 26.3 Å². The molecule has 0 saturated heterocycles. The SMILES string of the molecule is COCCN(Cc1ccccc1)C(=O)CSc1nnc(-c2ccc(OC)cc2OC)o1. The number of carbonyl (C=O) groups is 1. The second-order valence-corrected chi connectivity index (χ2v) is 7.45. The topological polar surface area (TPSA) is 86.9 Å². The van der Waals surface area contributed by atoms with E-state index >= 15 is 0 Å². The summed E-state index contributed by atoms with van der Waals surface area (Å²) in [5, 5.41) is 8.45. The molecule has 2 aromatic carbocycles. The van der Waals surface area contributed by atoms with E-state index in [9.17, 15) is 4.79 Å². The molecule has 0 fully saturated rings. The predicted octanol–water partition coefficient (Wildman–Crippen LogP) is 3.52. The summed E-state index contributed by atoms with van der Waals surface area (Å²) < 4.78 is 21.5. The van der Waals surface area contributed by atoms with Crippen molar-refractivity contribution in [2.45, 2.75) is 11.8 Å². The van der Waals surface area contributed by atoms with Crippen molar-refractivity contribution in [3.8, 4) is 23.0 Å². The van der Waals surface area contributed by atoms with E-state index in [0.29, 0.717) is 47.9 Å².